The molecule has 0 aliphatic heterocycles. The minimum absolute atomic E-state index is 0.165. The number of hydrogen-bond acceptors (Lipinski definition) is 2. The summed E-state index contributed by atoms with van der Waals surface area (Å²) in [5.74, 6) is -0.165. The van der Waals surface area contributed by atoms with Crippen LogP contribution >= 0.6 is 31.9 Å². The van der Waals surface area contributed by atoms with Gasteiger partial charge in [0.05, 0.1) is 17.4 Å². The van der Waals surface area contributed by atoms with Crippen molar-refractivity contribution in [1.82, 2.24) is 4.98 Å². The maximum Gasteiger partial charge on any atom is 0.256 e. The predicted molar refractivity (Wildman–Crippen MR) is 78.8 cm³/mol. The molecule has 0 atom stereocenters. The largest absolute Gasteiger partial charge is 0.321 e. The summed E-state index contributed by atoms with van der Waals surface area (Å²) in [5, 5.41) is 2.81. The Morgan fingerprint density at radius 1 is 1.22 bits per heavy atom. The highest BCUT2D eigenvalue weighted by Gasteiger charge is 2.10. The second kappa shape index (κ2) is 5.63. The summed E-state index contributed by atoms with van der Waals surface area (Å²) < 4.78 is 1.66. The molecule has 1 heterocycles. The third kappa shape index (κ3) is 3.17. The van der Waals surface area contributed by atoms with Crippen molar-refractivity contribution in [3.63, 3.8) is 0 Å². The molecule has 0 aliphatic rings. The van der Waals surface area contributed by atoms with E-state index < -0.39 is 0 Å². The summed E-state index contributed by atoms with van der Waals surface area (Å²) in [6, 6.07) is 7.29. The Hall–Kier alpha value is -1.20. The Balaban J connectivity index is 2.22. The molecule has 0 saturated carbocycles. The van der Waals surface area contributed by atoms with Crippen LogP contribution in [0.15, 0.2) is 45.6 Å². The number of halogens is 2. The Bertz CT molecular complexity index is 599. The molecule has 1 aromatic carbocycles. The summed E-state index contributed by atoms with van der Waals surface area (Å²) in [7, 11) is 0. The fourth-order valence-electron chi connectivity index (χ4n) is 1.50. The lowest BCUT2D eigenvalue weighted by molar-refractivity contribution is 0.102. The lowest BCUT2D eigenvalue weighted by Crippen LogP contribution is -2.12. The number of anilines is 1. The standard InChI is InChI=1S/C13H10Br2N2O/c1-8-4-10(7-16-6-8)17-13(18)11-3-2-9(14)5-12(11)15/h2-7H,1H3,(H,17,18). The zero-order valence-corrected chi connectivity index (χ0v) is 12.7. The molecule has 0 unspecified atom stereocenters. The smallest absolute Gasteiger partial charge is 0.256 e. The first-order chi connectivity index (χ1) is 8.56. The Labute approximate surface area is 122 Å². The normalized spacial score (nSPS) is 10.2. The second-order valence-electron chi connectivity index (χ2n) is 3.83. The predicted octanol–water partition coefficient (Wildman–Crippen LogP) is 4.17. The molecular formula is C13H10Br2N2O. The summed E-state index contributed by atoms with van der Waals surface area (Å²) in [6.07, 6.45) is 3.36. The fourth-order valence-corrected chi connectivity index (χ4v) is 2.72. The molecule has 92 valence electrons. The number of rotatable bonds is 2. The number of amides is 1. The van der Waals surface area contributed by atoms with Gasteiger partial charge in [0.2, 0.25) is 0 Å². The molecule has 0 aliphatic carbocycles. The third-order valence-electron chi connectivity index (χ3n) is 2.31. The van der Waals surface area contributed by atoms with E-state index in [4.69, 9.17) is 0 Å². The monoisotopic (exact) mass is 368 g/mol. The van der Waals surface area contributed by atoms with E-state index in [1.165, 1.54) is 0 Å². The van der Waals surface area contributed by atoms with Crippen LogP contribution in [-0.4, -0.2) is 10.9 Å². The molecule has 0 fully saturated rings. The zero-order chi connectivity index (χ0) is 13.1. The molecule has 3 nitrogen and oxygen atoms in total. The first-order valence-electron chi connectivity index (χ1n) is 5.24. The Morgan fingerprint density at radius 3 is 2.67 bits per heavy atom. The van der Waals surface area contributed by atoms with Crippen molar-refractivity contribution in [2.45, 2.75) is 6.92 Å². The number of nitrogens with zero attached hydrogens (tertiary/aromatic N) is 1. The highest BCUT2D eigenvalue weighted by molar-refractivity contribution is 9.11. The number of aryl methyl sites for hydroxylation is 1. The van der Waals surface area contributed by atoms with Gasteiger partial charge in [-0.25, -0.2) is 0 Å². The van der Waals surface area contributed by atoms with Crippen LogP contribution in [0.4, 0.5) is 5.69 Å². The van der Waals surface area contributed by atoms with Crippen LogP contribution in [0, 0.1) is 6.92 Å². The van der Waals surface area contributed by atoms with E-state index in [2.05, 4.69) is 42.2 Å². The molecular weight excluding hydrogens is 360 g/mol. The van der Waals surface area contributed by atoms with E-state index in [9.17, 15) is 4.79 Å². The van der Waals surface area contributed by atoms with Crippen LogP contribution in [0.2, 0.25) is 0 Å². The number of benzene rings is 1. The number of hydrogen-bond donors (Lipinski definition) is 1. The third-order valence-corrected chi connectivity index (χ3v) is 3.46. The molecule has 0 radical (unpaired) electrons. The average Bonchev–Trinajstić information content (AvgIpc) is 2.28. The van der Waals surface area contributed by atoms with Crippen molar-refractivity contribution in [2.24, 2.45) is 0 Å². The van der Waals surface area contributed by atoms with E-state index in [-0.39, 0.29) is 5.91 Å². The van der Waals surface area contributed by atoms with Gasteiger partial charge in [-0.05, 0) is 52.7 Å². The van der Waals surface area contributed by atoms with Crippen molar-refractivity contribution in [2.75, 3.05) is 5.32 Å². The van der Waals surface area contributed by atoms with Crippen LogP contribution in [0.1, 0.15) is 15.9 Å². The summed E-state index contributed by atoms with van der Waals surface area (Å²) in [5.41, 5.74) is 2.28. The van der Waals surface area contributed by atoms with Gasteiger partial charge in [0.1, 0.15) is 0 Å². The van der Waals surface area contributed by atoms with E-state index in [0.717, 1.165) is 14.5 Å². The van der Waals surface area contributed by atoms with Gasteiger partial charge in [-0.3, -0.25) is 9.78 Å². The molecule has 1 aromatic heterocycles. The number of pyridine rings is 1. The lowest BCUT2D eigenvalue weighted by atomic mass is 10.2. The van der Waals surface area contributed by atoms with Gasteiger partial charge in [-0.15, -0.1) is 0 Å². The summed E-state index contributed by atoms with van der Waals surface area (Å²) in [4.78, 5) is 16.1. The lowest BCUT2D eigenvalue weighted by Gasteiger charge is -2.07. The van der Waals surface area contributed by atoms with Crippen LogP contribution in [0.25, 0.3) is 0 Å². The van der Waals surface area contributed by atoms with Crippen molar-refractivity contribution in [1.29, 1.82) is 0 Å². The van der Waals surface area contributed by atoms with Gasteiger partial charge in [0.25, 0.3) is 5.91 Å². The molecule has 1 amide bonds. The number of carbonyl (C=O) groups excluding carboxylic acids is 1. The van der Waals surface area contributed by atoms with Gasteiger partial charge in [-0.1, -0.05) is 15.9 Å². The highest BCUT2D eigenvalue weighted by Crippen LogP contribution is 2.22. The summed E-state index contributed by atoms with van der Waals surface area (Å²) in [6.45, 7) is 1.93. The van der Waals surface area contributed by atoms with Crippen molar-refractivity contribution < 1.29 is 4.79 Å². The molecule has 1 N–H and O–H groups in total. The number of carbonyl (C=O) groups is 1. The van der Waals surface area contributed by atoms with Crippen molar-refractivity contribution >= 4 is 43.5 Å². The van der Waals surface area contributed by atoms with Crippen LogP contribution < -0.4 is 5.32 Å². The Kier molecular flexibility index (Phi) is 4.14. The quantitative estimate of drug-likeness (QED) is 0.863. The van der Waals surface area contributed by atoms with Crippen LogP contribution in [0.5, 0.6) is 0 Å². The van der Waals surface area contributed by atoms with Gasteiger partial charge >= 0.3 is 0 Å². The first kappa shape index (κ1) is 13.2. The maximum atomic E-state index is 12.1. The van der Waals surface area contributed by atoms with Crippen LogP contribution in [-0.2, 0) is 0 Å². The molecule has 2 aromatic rings. The van der Waals surface area contributed by atoms with Gasteiger partial charge in [0, 0.05) is 15.1 Å². The molecule has 0 saturated heterocycles. The Morgan fingerprint density at radius 2 is 2.00 bits per heavy atom. The molecule has 0 spiro atoms. The topological polar surface area (TPSA) is 42.0 Å². The van der Waals surface area contributed by atoms with Gasteiger partial charge in [-0.2, -0.15) is 0 Å². The van der Waals surface area contributed by atoms with E-state index >= 15 is 0 Å². The average molecular weight is 370 g/mol. The summed E-state index contributed by atoms with van der Waals surface area (Å²) >= 11 is 6.72. The van der Waals surface area contributed by atoms with Gasteiger partial charge in [0.15, 0.2) is 0 Å². The van der Waals surface area contributed by atoms with E-state index in [1.54, 1.807) is 18.5 Å². The molecule has 0 bridgehead atoms. The highest BCUT2D eigenvalue weighted by atomic mass is 79.9. The first-order valence-corrected chi connectivity index (χ1v) is 6.83. The van der Waals surface area contributed by atoms with Crippen molar-refractivity contribution in [3.05, 3.63) is 56.7 Å². The van der Waals surface area contributed by atoms with Gasteiger partial charge < -0.3 is 5.32 Å². The SMILES string of the molecule is Cc1cncc(NC(=O)c2ccc(Br)cc2Br)c1. The second-order valence-corrected chi connectivity index (χ2v) is 5.60. The zero-order valence-electron chi connectivity index (χ0n) is 9.58. The minimum Gasteiger partial charge on any atom is -0.321 e. The van der Waals surface area contributed by atoms with Crippen molar-refractivity contribution in [3.8, 4) is 0 Å². The minimum atomic E-state index is -0.165. The maximum absolute atomic E-state index is 12.1. The van der Waals surface area contributed by atoms with E-state index in [1.807, 2.05) is 25.1 Å². The number of aromatic nitrogens is 1. The molecule has 2 rings (SSSR count). The van der Waals surface area contributed by atoms with Crippen LogP contribution in [0.3, 0.4) is 0 Å². The molecule has 18 heavy (non-hydrogen) atoms. The van der Waals surface area contributed by atoms with E-state index in [0.29, 0.717) is 11.3 Å². The molecule has 5 heteroatoms. The fraction of sp³-hybridized carbons (Fsp3) is 0.0769. The number of nitrogens with one attached hydrogen (secondary N) is 1.